The summed E-state index contributed by atoms with van der Waals surface area (Å²) in [7, 11) is 2.25. The Balaban J connectivity index is 1.66. The first-order valence-corrected chi connectivity index (χ1v) is 5.86. The first kappa shape index (κ1) is 10.2. The van der Waals surface area contributed by atoms with Gasteiger partial charge in [-0.25, -0.2) is 0 Å². The summed E-state index contributed by atoms with van der Waals surface area (Å²) in [4.78, 5) is 2.48. The Kier molecular flexibility index (Phi) is 3.24. The van der Waals surface area contributed by atoms with Crippen LogP contribution in [0.1, 0.15) is 25.7 Å². The topological polar surface area (TPSA) is 29.3 Å². The van der Waals surface area contributed by atoms with E-state index in [1.165, 1.54) is 32.4 Å². The van der Waals surface area contributed by atoms with Crippen molar-refractivity contribution in [2.45, 2.75) is 31.7 Å². The molecule has 2 atom stereocenters. The van der Waals surface area contributed by atoms with Crippen molar-refractivity contribution >= 4 is 0 Å². The minimum absolute atomic E-state index is 0.317. The summed E-state index contributed by atoms with van der Waals surface area (Å²) < 4.78 is 0. The van der Waals surface area contributed by atoms with Crippen LogP contribution in [0.25, 0.3) is 0 Å². The molecule has 1 fully saturated rings. The van der Waals surface area contributed by atoms with Crippen molar-refractivity contribution in [2.75, 3.05) is 20.1 Å². The molecular formula is C12H22N2. The van der Waals surface area contributed by atoms with Crippen LogP contribution < -0.4 is 5.73 Å². The molecule has 2 rings (SSSR count). The lowest BCUT2D eigenvalue weighted by Gasteiger charge is -2.31. The Morgan fingerprint density at radius 2 is 2.07 bits per heavy atom. The van der Waals surface area contributed by atoms with Crippen LogP contribution in [0.15, 0.2) is 12.2 Å². The van der Waals surface area contributed by atoms with Crippen LogP contribution >= 0.6 is 0 Å². The van der Waals surface area contributed by atoms with E-state index in [2.05, 4.69) is 24.1 Å². The molecule has 0 aromatic heterocycles. The van der Waals surface area contributed by atoms with Gasteiger partial charge in [0.1, 0.15) is 0 Å². The van der Waals surface area contributed by atoms with Gasteiger partial charge < -0.3 is 10.6 Å². The maximum Gasteiger partial charge on any atom is 0.0229 e. The molecule has 0 saturated heterocycles. The third-order valence-corrected chi connectivity index (χ3v) is 3.55. The molecule has 2 heteroatoms. The summed E-state index contributed by atoms with van der Waals surface area (Å²) in [5.74, 6) is 1.69. The molecule has 1 saturated carbocycles. The molecule has 14 heavy (non-hydrogen) atoms. The molecule has 0 aromatic rings. The largest absolute Gasteiger partial charge is 0.324 e. The second kappa shape index (κ2) is 4.45. The Hall–Kier alpha value is -0.340. The number of rotatable bonds is 4. The minimum Gasteiger partial charge on any atom is -0.324 e. The zero-order valence-electron chi connectivity index (χ0n) is 9.15. The molecule has 0 heterocycles. The van der Waals surface area contributed by atoms with Gasteiger partial charge in [0.2, 0.25) is 0 Å². The fourth-order valence-corrected chi connectivity index (χ4v) is 2.53. The number of nitrogens with zero attached hydrogens (tertiary/aromatic N) is 1. The van der Waals surface area contributed by atoms with Crippen molar-refractivity contribution in [1.29, 1.82) is 0 Å². The number of hydrogen-bond acceptors (Lipinski definition) is 2. The first-order chi connectivity index (χ1) is 6.74. The first-order valence-electron chi connectivity index (χ1n) is 5.86. The average molecular weight is 194 g/mol. The molecule has 2 N–H and O–H groups in total. The van der Waals surface area contributed by atoms with Crippen LogP contribution in [0.3, 0.4) is 0 Å². The summed E-state index contributed by atoms with van der Waals surface area (Å²) in [6.07, 6.45) is 9.94. The average Bonchev–Trinajstić information content (AvgIpc) is 2.44. The van der Waals surface area contributed by atoms with Gasteiger partial charge in [0.25, 0.3) is 0 Å². The van der Waals surface area contributed by atoms with Crippen LogP contribution in [-0.4, -0.2) is 31.1 Å². The highest BCUT2D eigenvalue weighted by molar-refractivity contribution is 5.05. The number of nitrogens with two attached hydrogens (primary N) is 1. The molecule has 0 bridgehead atoms. The van der Waals surface area contributed by atoms with Crippen LogP contribution in [0.5, 0.6) is 0 Å². The summed E-state index contributed by atoms with van der Waals surface area (Å²) in [6, 6.07) is 0.317. The van der Waals surface area contributed by atoms with Gasteiger partial charge >= 0.3 is 0 Å². The second-order valence-electron chi connectivity index (χ2n) is 5.06. The third-order valence-electron chi connectivity index (χ3n) is 3.55. The van der Waals surface area contributed by atoms with Crippen LogP contribution in [0.4, 0.5) is 0 Å². The highest BCUT2D eigenvalue weighted by Gasteiger charge is 2.21. The van der Waals surface area contributed by atoms with Crippen molar-refractivity contribution in [2.24, 2.45) is 17.6 Å². The molecule has 0 aliphatic heterocycles. The van der Waals surface area contributed by atoms with E-state index < -0.39 is 0 Å². The smallest absolute Gasteiger partial charge is 0.0229 e. The van der Waals surface area contributed by atoms with E-state index in [4.69, 9.17) is 5.73 Å². The van der Waals surface area contributed by atoms with Gasteiger partial charge in [-0.15, -0.1) is 0 Å². The summed E-state index contributed by atoms with van der Waals surface area (Å²) in [5.41, 5.74) is 5.83. The van der Waals surface area contributed by atoms with E-state index in [1.807, 2.05) is 0 Å². The fourth-order valence-electron chi connectivity index (χ4n) is 2.53. The predicted octanol–water partition coefficient (Wildman–Crippen LogP) is 1.62. The molecular weight excluding hydrogens is 172 g/mol. The highest BCUT2D eigenvalue weighted by atomic mass is 15.1. The predicted molar refractivity (Wildman–Crippen MR) is 60.1 cm³/mol. The number of hydrogen-bond donors (Lipinski definition) is 1. The van der Waals surface area contributed by atoms with Gasteiger partial charge in [0.05, 0.1) is 0 Å². The van der Waals surface area contributed by atoms with Crippen molar-refractivity contribution < 1.29 is 0 Å². The minimum atomic E-state index is 0.317. The van der Waals surface area contributed by atoms with Crippen LogP contribution in [-0.2, 0) is 0 Å². The highest BCUT2D eigenvalue weighted by Crippen LogP contribution is 2.27. The van der Waals surface area contributed by atoms with Gasteiger partial charge in [-0.1, -0.05) is 18.6 Å². The van der Waals surface area contributed by atoms with Gasteiger partial charge in [-0.3, -0.25) is 0 Å². The SMILES string of the molecule is CN(CC1C=CC(N)C1)CC1CCC1. The Labute approximate surface area is 87.2 Å². The Morgan fingerprint density at radius 3 is 2.57 bits per heavy atom. The molecule has 80 valence electrons. The normalized spacial score (nSPS) is 32.5. The third kappa shape index (κ3) is 2.58. The maximum absolute atomic E-state index is 5.83. The Morgan fingerprint density at radius 1 is 1.29 bits per heavy atom. The molecule has 0 spiro atoms. The van der Waals surface area contributed by atoms with E-state index in [-0.39, 0.29) is 0 Å². The van der Waals surface area contributed by atoms with Gasteiger partial charge in [0, 0.05) is 19.1 Å². The molecule has 0 amide bonds. The molecule has 0 aromatic carbocycles. The summed E-state index contributed by atoms with van der Waals surface area (Å²) in [5, 5.41) is 0. The van der Waals surface area contributed by atoms with E-state index in [1.54, 1.807) is 0 Å². The molecule has 2 unspecified atom stereocenters. The van der Waals surface area contributed by atoms with Gasteiger partial charge in [-0.05, 0) is 38.1 Å². The van der Waals surface area contributed by atoms with E-state index in [9.17, 15) is 0 Å². The van der Waals surface area contributed by atoms with Crippen LogP contribution in [0.2, 0.25) is 0 Å². The molecule has 2 aliphatic carbocycles. The maximum atomic E-state index is 5.83. The monoisotopic (exact) mass is 194 g/mol. The lowest BCUT2D eigenvalue weighted by Crippen LogP contribution is -2.33. The van der Waals surface area contributed by atoms with E-state index >= 15 is 0 Å². The second-order valence-corrected chi connectivity index (χ2v) is 5.06. The molecule has 2 nitrogen and oxygen atoms in total. The lowest BCUT2D eigenvalue weighted by molar-refractivity contribution is 0.192. The van der Waals surface area contributed by atoms with Crippen molar-refractivity contribution in [3.8, 4) is 0 Å². The lowest BCUT2D eigenvalue weighted by atomic mass is 9.85. The molecule has 2 aliphatic rings. The van der Waals surface area contributed by atoms with Crippen molar-refractivity contribution in [3.05, 3.63) is 12.2 Å². The Bertz CT molecular complexity index is 208. The standard InChI is InChI=1S/C12H22N2/c1-14(8-10-3-2-4-10)9-11-5-6-12(13)7-11/h5-6,10-12H,2-4,7-9,13H2,1H3. The zero-order valence-corrected chi connectivity index (χ0v) is 9.15. The fraction of sp³-hybridized carbons (Fsp3) is 0.833. The van der Waals surface area contributed by atoms with Gasteiger partial charge in [0.15, 0.2) is 0 Å². The van der Waals surface area contributed by atoms with E-state index in [0.29, 0.717) is 12.0 Å². The van der Waals surface area contributed by atoms with E-state index in [0.717, 1.165) is 12.3 Å². The molecule has 0 radical (unpaired) electrons. The zero-order chi connectivity index (χ0) is 9.97. The quantitative estimate of drug-likeness (QED) is 0.689. The summed E-state index contributed by atoms with van der Waals surface area (Å²) in [6.45, 7) is 2.49. The van der Waals surface area contributed by atoms with Crippen LogP contribution in [0, 0.1) is 11.8 Å². The van der Waals surface area contributed by atoms with Crippen molar-refractivity contribution in [3.63, 3.8) is 0 Å². The summed E-state index contributed by atoms with van der Waals surface area (Å²) >= 11 is 0. The van der Waals surface area contributed by atoms with Crippen molar-refractivity contribution in [1.82, 2.24) is 4.90 Å². The van der Waals surface area contributed by atoms with Gasteiger partial charge in [-0.2, -0.15) is 0 Å².